The van der Waals surface area contributed by atoms with Gasteiger partial charge in [0.1, 0.15) is 6.10 Å². The molecule has 6 heteroatoms. The minimum atomic E-state index is -0.248. The van der Waals surface area contributed by atoms with E-state index in [0.717, 1.165) is 25.1 Å². The molecule has 2 saturated heterocycles. The van der Waals surface area contributed by atoms with E-state index < -0.39 is 0 Å². The largest absolute Gasteiger partial charge is 0.453 e. The summed E-state index contributed by atoms with van der Waals surface area (Å²) in [5.74, 6) is -0.248. The molecule has 3 atom stereocenters. The first-order valence-corrected chi connectivity index (χ1v) is 6.47. The van der Waals surface area contributed by atoms with Gasteiger partial charge in [-0.25, -0.2) is 4.79 Å². The van der Waals surface area contributed by atoms with Gasteiger partial charge in [-0.15, -0.1) is 0 Å². The van der Waals surface area contributed by atoms with Gasteiger partial charge in [0, 0.05) is 17.5 Å². The van der Waals surface area contributed by atoms with Crippen LogP contribution in [-0.4, -0.2) is 42.1 Å². The molecule has 6 nitrogen and oxygen atoms in total. The second kappa shape index (κ2) is 4.63. The summed E-state index contributed by atoms with van der Waals surface area (Å²) >= 11 is 0. The number of esters is 1. The third-order valence-corrected chi connectivity index (χ3v) is 4.06. The first-order valence-electron chi connectivity index (χ1n) is 6.47. The SMILES string of the molecule is [N-]=[N+]=NC1CC2=CC(=O)OC2[C@H]2CCCCN2C1. The van der Waals surface area contributed by atoms with Crippen LogP contribution in [0.4, 0.5) is 0 Å². The Hall–Kier alpha value is -1.52. The Labute approximate surface area is 105 Å². The lowest BCUT2D eigenvalue weighted by molar-refractivity contribution is -0.141. The van der Waals surface area contributed by atoms with Crippen LogP contribution >= 0.6 is 0 Å². The first-order chi connectivity index (χ1) is 8.78. The van der Waals surface area contributed by atoms with Crippen molar-refractivity contribution >= 4 is 5.97 Å². The topological polar surface area (TPSA) is 78.3 Å². The zero-order valence-electron chi connectivity index (χ0n) is 10.2. The Morgan fingerprint density at radius 3 is 3.22 bits per heavy atom. The summed E-state index contributed by atoms with van der Waals surface area (Å²) in [6.07, 6.45) is 5.51. The highest BCUT2D eigenvalue weighted by molar-refractivity contribution is 5.86. The molecule has 3 heterocycles. The molecule has 3 aliphatic heterocycles. The molecule has 3 aliphatic rings. The molecule has 0 bridgehead atoms. The Kier molecular flexibility index (Phi) is 2.97. The van der Waals surface area contributed by atoms with Crippen molar-refractivity contribution in [3.8, 4) is 0 Å². The molecule has 0 aromatic rings. The first kappa shape index (κ1) is 11.6. The second-order valence-corrected chi connectivity index (χ2v) is 5.20. The standard InChI is InChI=1S/C12H16N4O2/c13-15-14-9-5-8-6-11(17)18-12(8)10-3-1-2-4-16(10)7-9/h6,9-10,12H,1-5,7H2/t9?,10-,12?/m1/s1. The molecule has 3 rings (SSSR count). The molecule has 96 valence electrons. The molecule has 0 aromatic carbocycles. The van der Waals surface area contributed by atoms with Crippen LogP contribution in [0.15, 0.2) is 16.8 Å². The van der Waals surface area contributed by atoms with Crippen molar-refractivity contribution in [2.75, 3.05) is 13.1 Å². The van der Waals surface area contributed by atoms with Crippen molar-refractivity contribution in [3.05, 3.63) is 22.1 Å². The van der Waals surface area contributed by atoms with Gasteiger partial charge in [-0.1, -0.05) is 11.5 Å². The predicted octanol–water partition coefficient (Wildman–Crippen LogP) is 1.78. The van der Waals surface area contributed by atoms with E-state index in [-0.39, 0.29) is 24.2 Å². The number of azide groups is 1. The third kappa shape index (κ3) is 1.98. The van der Waals surface area contributed by atoms with Crippen molar-refractivity contribution in [1.82, 2.24) is 4.90 Å². The average Bonchev–Trinajstić information content (AvgIpc) is 2.64. The summed E-state index contributed by atoms with van der Waals surface area (Å²) in [5, 5.41) is 3.85. The molecule has 0 aliphatic carbocycles. The smallest absolute Gasteiger partial charge is 0.331 e. The van der Waals surface area contributed by atoms with Gasteiger partial charge < -0.3 is 4.74 Å². The van der Waals surface area contributed by atoms with E-state index in [2.05, 4.69) is 14.9 Å². The normalized spacial score (nSPS) is 35.7. The van der Waals surface area contributed by atoms with E-state index in [9.17, 15) is 4.79 Å². The highest BCUT2D eigenvalue weighted by atomic mass is 16.5. The predicted molar refractivity (Wildman–Crippen MR) is 64.7 cm³/mol. The van der Waals surface area contributed by atoms with Crippen molar-refractivity contribution < 1.29 is 9.53 Å². The highest BCUT2D eigenvalue weighted by Gasteiger charge is 2.41. The van der Waals surface area contributed by atoms with Gasteiger partial charge in [0.25, 0.3) is 0 Å². The molecule has 0 N–H and O–H groups in total. The second-order valence-electron chi connectivity index (χ2n) is 5.20. The van der Waals surface area contributed by atoms with Crippen LogP contribution in [0.1, 0.15) is 25.7 Å². The lowest BCUT2D eigenvalue weighted by Gasteiger charge is -2.37. The van der Waals surface area contributed by atoms with E-state index >= 15 is 0 Å². The minimum absolute atomic E-state index is 0.0821. The van der Waals surface area contributed by atoms with E-state index in [1.54, 1.807) is 6.08 Å². The van der Waals surface area contributed by atoms with Crippen molar-refractivity contribution in [3.63, 3.8) is 0 Å². The lowest BCUT2D eigenvalue weighted by Crippen LogP contribution is -2.47. The van der Waals surface area contributed by atoms with Crippen LogP contribution in [0.5, 0.6) is 0 Å². The maximum absolute atomic E-state index is 11.4. The summed E-state index contributed by atoms with van der Waals surface area (Å²) in [5.41, 5.74) is 9.63. The van der Waals surface area contributed by atoms with Gasteiger partial charge in [-0.3, -0.25) is 4.90 Å². The molecule has 0 aromatic heterocycles. The van der Waals surface area contributed by atoms with Gasteiger partial charge in [-0.2, -0.15) is 0 Å². The van der Waals surface area contributed by atoms with Crippen LogP contribution in [0, 0.1) is 0 Å². The van der Waals surface area contributed by atoms with Crippen molar-refractivity contribution in [2.45, 2.75) is 43.9 Å². The maximum Gasteiger partial charge on any atom is 0.331 e. The number of nitrogens with zero attached hydrogens (tertiary/aromatic N) is 4. The Bertz CT molecular complexity index is 441. The van der Waals surface area contributed by atoms with Crippen LogP contribution < -0.4 is 0 Å². The van der Waals surface area contributed by atoms with Gasteiger partial charge in [0.15, 0.2) is 0 Å². The minimum Gasteiger partial charge on any atom is -0.453 e. The maximum atomic E-state index is 11.4. The summed E-state index contributed by atoms with van der Waals surface area (Å²) in [6.45, 7) is 1.78. The van der Waals surface area contributed by atoms with Crippen LogP contribution in [0.25, 0.3) is 10.4 Å². The Morgan fingerprint density at radius 1 is 1.50 bits per heavy atom. The quantitative estimate of drug-likeness (QED) is 0.307. The fourth-order valence-corrected chi connectivity index (χ4v) is 3.31. The molecule has 2 unspecified atom stereocenters. The van der Waals surface area contributed by atoms with Crippen LogP contribution in [0.3, 0.4) is 0 Å². The third-order valence-electron chi connectivity index (χ3n) is 4.06. The fraction of sp³-hybridized carbons (Fsp3) is 0.750. The van der Waals surface area contributed by atoms with Gasteiger partial charge in [-0.05, 0) is 36.9 Å². The van der Waals surface area contributed by atoms with Gasteiger partial charge in [0.2, 0.25) is 0 Å². The molecular weight excluding hydrogens is 232 g/mol. The summed E-state index contributed by atoms with van der Waals surface area (Å²) in [7, 11) is 0. The van der Waals surface area contributed by atoms with Crippen LogP contribution in [0.2, 0.25) is 0 Å². The lowest BCUT2D eigenvalue weighted by atomic mass is 9.94. The van der Waals surface area contributed by atoms with E-state index in [1.165, 1.54) is 12.8 Å². The zero-order valence-corrected chi connectivity index (χ0v) is 10.2. The summed E-state index contributed by atoms with van der Waals surface area (Å²) in [6, 6.07) is 0.191. The number of rotatable bonds is 1. The molecule has 0 amide bonds. The number of ether oxygens (including phenoxy) is 1. The average molecular weight is 248 g/mol. The van der Waals surface area contributed by atoms with Crippen LogP contribution in [-0.2, 0) is 9.53 Å². The Morgan fingerprint density at radius 2 is 2.39 bits per heavy atom. The number of hydrogen-bond donors (Lipinski definition) is 0. The number of hydrogen-bond acceptors (Lipinski definition) is 4. The van der Waals surface area contributed by atoms with Gasteiger partial charge in [0.05, 0.1) is 12.1 Å². The Balaban J connectivity index is 1.91. The number of piperidine rings is 1. The number of fused-ring (bicyclic) bond motifs is 3. The molecule has 0 spiro atoms. The monoisotopic (exact) mass is 248 g/mol. The molecule has 18 heavy (non-hydrogen) atoms. The summed E-state index contributed by atoms with van der Waals surface area (Å²) < 4.78 is 5.43. The fourth-order valence-electron chi connectivity index (χ4n) is 3.31. The van der Waals surface area contributed by atoms with Crippen molar-refractivity contribution in [1.29, 1.82) is 0 Å². The molecule has 2 fully saturated rings. The molecule has 0 radical (unpaired) electrons. The number of carbonyl (C=O) groups excluding carboxylic acids is 1. The highest BCUT2D eigenvalue weighted by Crippen LogP contribution is 2.34. The van der Waals surface area contributed by atoms with Gasteiger partial charge >= 0.3 is 5.97 Å². The van der Waals surface area contributed by atoms with E-state index in [0.29, 0.717) is 6.42 Å². The van der Waals surface area contributed by atoms with Crippen molar-refractivity contribution in [2.24, 2.45) is 5.11 Å². The zero-order chi connectivity index (χ0) is 12.5. The van der Waals surface area contributed by atoms with E-state index in [4.69, 9.17) is 10.3 Å². The van der Waals surface area contributed by atoms with E-state index in [1.807, 2.05) is 0 Å². The number of carbonyl (C=O) groups is 1. The molecule has 0 saturated carbocycles. The molecular formula is C12H16N4O2. The summed E-state index contributed by atoms with van der Waals surface area (Å²) in [4.78, 5) is 16.7.